The largest absolute Gasteiger partial charge is 0.491 e. The molecule has 8 heteroatoms. The second-order valence-electron chi connectivity index (χ2n) is 6.70. The fourth-order valence-electron chi connectivity index (χ4n) is 2.74. The van der Waals surface area contributed by atoms with Crippen molar-refractivity contribution in [1.82, 2.24) is 5.32 Å². The number of amides is 1. The third-order valence-corrected chi connectivity index (χ3v) is 5.38. The molecular formula is C20H25FN2O4S. The summed E-state index contributed by atoms with van der Waals surface area (Å²) in [5.74, 6) is -0.243. The lowest BCUT2D eigenvalue weighted by Gasteiger charge is -2.29. The predicted molar refractivity (Wildman–Crippen MR) is 107 cm³/mol. The molecule has 0 saturated carbocycles. The van der Waals surface area contributed by atoms with Crippen molar-refractivity contribution in [2.24, 2.45) is 0 Å². The van der Waals surface area contributed by atoms with Crippen molar-refractivity contribution in [2.75, 3.05) is 17.2 Å². The van der Waals surface area contributed by atoms with Gasteiger partial charge in [0.25, 0.3) is 0 Å². The van der Waals surface area contributed by atoms with Crippen molar-refractivity contribution in [3.05, 3.63) is 59.9 Å². The van der Waals surface area contributed by atoms with Gasteiger partial charge in [-0.25, -0.2) is 12.8 Å². The normalized spacial score (nSPS) is 13.5. The lowest BCUT2D eigenvalue weighted by Crippen LogP contribution is -2.50. The molecule has 6 nitrogen and oxygen atoms in total. The molecule has 1 N–H and O–H groups in total. The van der Waals surface area contributed by atoms with E-state index in [1.54, 1.807) is 6.92 Å². The van der Waals surface area contributed by atoms with Crippen LogP contribution in [0.3, 0.4) is 0 Å². The van der Waals surface area contributed by atoms with Gasteiger partial charge in [0.1, 0.15) is 24.2 Å². The average molecular weight is 408 g/mol. The van der Waals surface area contributed by atoms with Crippen LogP contribution in [0.15, 0.2) is 48.5 Å². The molecule has 28 heavy (non-hydrogen) atoms. The van der Waals surface area contributed by atoms with E-state index in [1.165, 1.54) is 19.1 Å². The maximum atomic E-state index is 13.2. The number of benzene rings is 2. The number of nitrogens with zero attached hydrogens (tertiary/aromatic N) is 1. The standard InChI is InChI=1S/C20H25FN2O4S/c1-14-7-5-6-8-19(14)27-13-15(2)22-20(24)16(3)23(28(4,25)26)18-11-9-17(21)10-12-18/h5-12,15-16H,13H2,1-4H3,(H,22,24)/t15-,16-/m1/s1. The van der Waals surface area contributed by atoms with E-state index in [1.807, 2.05) is 31.2 Å². The Morgan fingerprint density at radius 3 is 2.32 bits per heavy atom. The Balaban J connectivity index is 2.06. The number of halogens is 1. The summed E-state index contributed by atoms with van der Waals surface area (Å²) in [6.07, 6.45) is 1.00. The van der Waals surface area contributed by atoms with Crippen LogP contribution in [0.5, 0.6) is 5.75 Å². The van der Waals surface area contributed by atoms with E-state index in [4.69, 9.17) is 4.74 Å². The Morgan fingerprint density at radius 1 is 1.14 bits per heavy atom. The molecule has 0 aliphatic heterocycles. The van der Waals surface area contributed by atoms with E-state index in [-0.39, 0.29) is 18.3 Å². The molecule has 1 amide bonds. The summed E-state index contributed by atoms with van der Waals surface area (Å²) in [4.78, 5) is 12.6. The molecule has 152 valence electrons. The highest BCUT2D eigenvalue weighted by molar-refractivity contribution is 7.92. The average Bonchev–Trinajstić information content (AvgIpc) is 2.61. The van der Waals surface area contributed by atoms with Crippen LogP contribution in [0, 0.1) is 12.7 Å². The van der Waals surface area contributed by atoms with Gasteiger partial charge in [0.15, 0.2) is 0 Å². The number of para-hydroxylation sites is 1. The first-order chi connectivity index (χ1) is 13.1. The molecule has 0 aromatic heterocycles. The topological polar surface area (TPSA) is 75.7 Å². The number of nitrogens with one attached hydrogen (secondary N) is 1. The molecule has 0 fully saturated rings. The van der Waals surface area contributed by atoms with Crippen molar-refractivity contribution >= 4 is 21.6 Å². The summed E-state index contributed by atoms with van der Waals surface area (Å²) < 4.78 is 44.3. The number of ether oxygens (including phenoxy) is 1. The highest BCUT2D eigenvalue weighted by Crippen LogP contribution is 2.21. The second-order valence-corrected chi connectivity index (χ2v) is 8.56. The van der Waals surface area contributed by atoms with Crippen molar-refractivity contribution in [3.8, 4) is 5.75 Å². The summed E-state index contributed by atoms with van der Waals surface area (Å²) in [7, 11) is -3.75. The number of aryl methyl sites for hydroxylation is 1. The zero-order valence-corrected chi connectivity index (χ0v) is 17.2. The van der Waals surface area contributed by atoms with Gasteiger partial charge in [-0.1, -0.05) is 18.2 Å². The van der Waals surface area contributed by atoms with Crippen LogP contribution in [0.1, 0.15) is 19.4 Å². The lowest BCUT2D eigenvalue weighted by molar-refractivity contribution is -0.122. The summed E-state index contributed by atoms with van der Waals surface area (Å²) >= 11 is 0. The van der Waals surface area contributed by atoms with Crippen LogP contribution >= 0.6 is 0 Å². The molecule has 0 aliphatic carbocycles. The number of carbonyl (C=O) groups excluding carboxylic acids is 1. The van der Waals surface area contributed by atoms with Crippen LogP contribution in [0.25, 0.3) is 0 Å². The number of anilines is 1. The minimum absolute atomic E-state index is 0.218. The van der Waals surface area contributed by atoms with E-state index in [2.05, 4.69) is 5.32 Å². The summed E-state index contributed by atoms with van der Waals surface area (Å²) in [5.41, 5.74) is 1.20. The minimum atomic E-state index is -3.75. The van der Waals surface area contributed by atoms with Gasteiger partial charge in [0, 0.05) is 0 Å². The van der Waals surface area contributed by atoms with Crippen LogP contribution < -0.4 is 14.4 Å². The molecule has 0 saturated heterocycles. The van der Waals surface area contributed by atoms with Gasteiger partial charge in [-0.2, -0.15) is 0 Å². The van der Waals surface area contributed by atoms with Gasteiger partial charge in [-0.3, -0.25) is 9.10 Å². The Kier molecular flexibility index (Phi) is 7.01. The fraction of sp³-hybridized carbons (Fsp3) is 0.350. The Labute approximate surface area is 165 Å². The minimum Gasteiger partial charge on any atom is -0.491 e. The molecule has 0 unspecified atom stereocenters. The zero-order valence-electron chi connectivity index (χ0n) is 16.3. The fourth-order valence-corrected chi connectivity index (χ4v) is 3.91. The molecule has 0 heterocycles. The van der Waals surface area contributed by atoms with Gasteiger partial charge in [-0.15, -0.1) is 0 Å². The van der Waals surface area contributed by atoms with E-state index in [0.29, 0.717) is 0 Å². The maximum Gasteiger partial charge on any atom is 0.243 e. The molecule has 2 aromatic carbocycles. The SMILES string of the molecule is Cc1ccccc1OC[C@@H](C)NC(=O)[C@@H](C)N(c1ccc(F)cc1)S(C)(=O)=O. The first kappa shape index (κ1) is 21.7. The monoisotopic (exact) mass is 408 g/mol. The quantitative estimate of drug-likeness (QED) is 0.729. The molecule has 0 aliphatic rings. The van der Waals surface area contributed by atoms with Crippen LogP contribution in [-0.4, -0.2) is 39.3 Å². The first-order valence-electron chi connectivity index (χ1n) is 8.83. The maximum absolute atomic E-state index is 13.2. The van der Waals surface area contributed by atoms with Crippen LogP contribution in [0.4, 0.5) is 10.1 Å². The van der Waals surface area contributed by atoms with Gasteiger partial charge in [-0.05, 0) is 56.7 Å². The van der Waals surface area contributed by atoms with Gasteiger partial charge >= 0.3 is 0 Å². The van der Waals surface area contributed by atoms with E-state index in [9.17, 15) is 17.6 Å². The third kappa shape index (κ3) is 5.69. The predicted octanol–water partition coefficient (Wildman–Crippen LogP) is 2.87. The Morgan fingerprint density at radius 2 is 1.75 bits per heavy atom. The molecular weight excluding hydrogens is 383 g/mol. The number of sulfonamides is 1. The van der Waals surface area contributed by atoms with Gasteiger partial charge < -0.3 is 10.1 Å². The van der Waals surface area contributed by atoms with Gasteiger partial charge in [0.2, 0.25) is 15.9 Å². The Bertz CT molecular complexity index is 916. The third-order valence-electron chi connectivity index (χ3n) is 4.14. The van der Waals surface area contributed by atoms with Crippen LogP contribution in [0.2, 0.25) is 0 Å². The highest BCUT2D eigenvalue weighted by Gasteiger charge is 2.29. The van der Waals surface area contributed by atoms with Crippen LogP contribution in [-0.2, 0) is 14.8 Å². The summed E-state index contributed by atoms with van der Waals surface area (Å²) in [5, 5.41) is 2.76. The number of carbonyl (C=O) groups is 1. The van der Waals surface area contributed by atoms with Gasteiger partial charge in [0.05, 0.1) is 18.0 Å². The summed E-state index contributed by atoms with van der Waals surface area (Å²) in [6.45, 7) is 5.41. The summed E-state index contributed by atoms with van der Waals surface area (Å²) in [6, 6.07) is 11.1. The zero-order chi connectivity index (χ0) is 20.9. The highest BCUT2D eigenvalue weighted by atomic mass is 32.2. The van der Waals surface area contributed by atoms with E-state index >= 15 is 0 Å². The lowest BCUT2D eigenvalue weighted by atomic mass is 10.2. The molecule has 0 spiro atoms. The molecule has 0 bridgehead atoms. The molecule has 2 aromatic rings. The second kappa shape index (κ2) is 9.05. The number of hydrogen-bond acceptors (Lipinski definition) is 4. The Hall–Kier alpha value is -2.61. The first-order valence-corrected chi connectivity index (χ1v) is 10.7. The van der Waals surface area contributed by atoms with E-state index < -0.39 is 27.8 Å². The molecule has 2 atom stereocenters. The molecule has 2 rings (SSSR count). The van der Waals surface area contributed by atoms with Crippen molar-refractivity contribution in [2.45, 2.75) is 32.9 Å². The van der Waals surface area contributed by atoms with Crippen molar-refractivity contribution in [3.63, 3.8) is 0 Å². The number of rotatable bonds is 8. The smallest absolute Gasteiger partial charge is 0.243 e. The van der Waals surface area contributed by atoms with E-state index in [0.717, 1.165) is 34.0 Å². The molecule has 0 radical (unpaired) electrons. The number of hydrogen-bond donors (Lipinski definition) is 1. The van der Waals surface area contributed by atoms with Crippen molar-refractivity contribution in [1.29, 1.82) is 0 Å². The van der Waals surface area contributed by atoms with Crippen molar-refractivity contribution < 1.29 is 22.3 Å².